The van der Waals surface area contributed by atoms with Gasteiger partial charge in [-0.2, -0.15) is 0 Å². The van der Waals surface area contributed by atoms with E-state index in [0.29, 0.717) is 30.3 Å². The molecule has 6 heteroatoms. The fourth-order valence-electron chi connectivity index (χ4n) is 2.40. The molecule has 0 saturated carbocycles. The lowest BCUT2D eigenvalue weighted by Crippen LogP contribution is -2.26. The number of rotatable bonds is 3. The average Bonchev–Trinajstić information content (AvgIpc) is 2.56. The molecule has 3 rings (SSSR count). The summed E-state index contributed by atoms with van der Waals surface area (Å²) in [6.07, 6.45) is 0. The second-order valence-electron chi connectivity index (χ2n) is 5.26. The fraction of sp³-hybridized carbons (Fsp3) is 0.235. The quantitative estimate of drug-likeness (QED) is 0.782. The van der Waals surface area contributed by atoms with Gasteiger partial charge in [0.05, 0.1) is 10.6 Å². The minimum Gasteiger partial charge on any atom is -0.486 e. The van der Waals surface area contributed by atoms with Crippen LogP contribution in [0, 0.1) is 0 Å². The molecule has 1 aliphatic rings. The summed E-state index contributed by atoms with van der Waals surface area (Å²) < 4.78 is 11.9. The van der Waals surface area contributed by atoms with E-state index in [1.165, 1.54) is 0 Å². The van der Waals surface area contributed by atoms with Crippen molar-refractivity contribution in [3.63, 3.8) is 0 Å². The highest BCUT2D eigenvalue weighted by Gasteiger charge is 2.17. The van der Waals surface area contributed by atoms with Crippen LogP contribution < -0.4 is 9.47 Å². The van der Waals surface area contributed by atoms with Crippen LogP contribution in [0.15, 0.2) is 40.9 Å². The molecule has 0 radical (unpaired) electrons. The maximum absolute atomic E-state index is 12.6. The first kappa shape index (κ1) is 16.1. The summed E-state index contributed by atoms with van der Waals surface area (Å²) in [5, 5.41) is 0.437. The second-order valence-corrected chi connectivity index (χ2v) is 6.59. The first-order valence-electron chi connectivity index (χ1n) is 7.13. The number of benzene rings is 2. The highest BCUT2D eigenvalue weighted by molar-refractivity contribution is 9.10. The van der Waals surface area contributed by atoms with Crippen LogP contribution in [0.1, 0.15) is 15.9 Å². The summed E-state index contributed by atoms with van der Waals surface area (Å²) >= 11 is 9.49. The smallest absolute Gasteiger partial charge is 0.255 e. The zero-order valence-corrected chi connectivity index (χ0v) is 14.9. The standard InChI is InChI=1S/C17H15BrClNO3/c1-20(17(21)13-9-12(18)3-4-14(13)19)10-11-2-5-15-16(8-11)23-7-6-22-15/h2-5,8-9H,6-7,10H2,1H3. The summed E-state index contributed by atoms with van der Waals surface area (Å²) in [7, 11) is 1.75. The molecule has 0 aromatic heterocycles. The lowest BCUT2D eigenvalue weighted by Gasteiger charge is -2.21. The molecule has 2 aromatic carbocycles. The van der Waals surface area contributed by atoms with E-state index < -0.39 is 0 Å². The summed E-state index contributed by atoms with van der Waals surface area (Å²) in [6.45, 7) is 1.56. The first-order chi connectivity index (χ1) is 11.0. The number of hydrogen-bond donors (Lipinski definition) is 0. The molecule has 0 unspecified atom stereocenters. The lowest BCUT2D eigenvalue weighted by atomic mass is 10.1. The Hall–Kier alpha value is -1.72. The van der Waals surface area contributed by atoms with E-state index in [4.69, 9.17) is 21.1 Å². The molecule has 0 aliphatic carbocycles. The Labute approximate surface area is 148 Å². The van der Waals surface area contributed by atoms with Gasteiger partial charge in [-0.25, -0.2) is 0 Å². The topological polar surface area (TPSA) is 38.8 Å². The van der Waals surface area contributed by atoms with Crippen molar-refractivity contribution < 1.29 is 14.3 Å². The van der Waals surface area contributed by atoms with Gasteiger partial charge >= 0.3 is 0 Å². The number of amides is 1. The van der Waals surface area contributed by atoms with E-state index in [9.17, 15) is 4.79 Å². The van der Waals surface area contributed by atoms with Crippen molar-refractivity contribution >= 4 is 33.4 Å². The minimum absolute atomic E-state index is 0.133. The molecule has 4 nitrogen and oxygen atoms in total. The minimum atomic E-state index is -0.133. The molecule has 0 fully saturated rings. The predicted molar refractivity (Wildman–Crippen MR) is 92.4 cm³/mol. The molecule has 1 heterocycles. The molecule has 0 saturated heterocycles. The Morgan fingerprint density at radius 3 is 2.70 bits per heavy atom. The molecular formula is C17H15BrClNO3. The number of carbonyl (C=O) groups is 1. The van der Waals surface area contributed by atoms with Crippen LogP contribution in [0.25, 0.3) is 0 Å². The van der Waals surface area contributed by atoms with Crippen LogP contribution >= 0.6 is 27.5 Å². The Morgan fingerprint density at radius 1 is 1.17 bits per heavy atom. The number of carbonyl (C=O) groups excluding carboxylic acids is 1. The van der Waals surface area contributed by atoms with Crippen LogP contribution in [-0.2, 0) is 6.54 Å². The van der Waals surface area contributed by atoms with Crippen molar-refractivity contribution in [3.05, 3.63) is 57.0 Å². The zero-order valence-electron chi connectivity index (χ0n) is 12.5. The first-order valence-corrected chi connectivity index (χ1v) is 8.31. The van der Waals surface area contributed by atoms with Gasteiger partial charge in [0.15, 0.2) is 11.5 Å². The van der Waals surface area contributed by atoms with Crippen molar-refractivity contribution in [2.75, 3.05) is 20.3 Å². The van der Waals surface area contributed by atoms with E-state index in [2.05, 4.69) is 15.9 Å². The van der Waals surface area contributed by atoms with E-state index in [-0.39, 0.29) is 5.91 Å². The third-order valence-electron chi connectivity index (χ3n) is 3.53. The van der Waals surface area contributed by atoms with Crippen LogP contribution in [0.3, 0.4) is 0 Å². The summed E-state index contributed by atoms with van der Waals surface area (Å²) in [5.74, 6) is 1.32. The van der Waals surface area contributed by atoms with Gasteiger partial charge in [0.2, 0.25) is 0 Å². The normalized spacial score (nSPS) is 12.8. The van der Waals surface area contributed by atoms with Gasteiger partial charge in [0.25, 0.3) is 5.91 Å². The van der Waals surface area contributed by atoms with Crippen LogP contribution in [-0.4, -0.2) is 31.1 Å². The maximum atomic E-state index is 12.6. The third kappa shape index (κ3) is 3.62. The second kappa shape index (κ2) is 6.81. The molecule has 1 aliphatic heterocycles. The van der Waals surface area contributed by atoms with Crippen molar-refractivity contribution in [1.29, 1.82) is 0 Å². The van der Waals surface area contributed by atoms with Crippen LogP contribution in [0.4, 0.5) is 0 Å². The summed E-state index contributed by atoms with van der Waals surface area (Å²) in [4.78, 5) is 14.2. The van der Waals surface area contributed by atoms with Gasteiger partial charge in [0.1, 0.15) is 13.2 Å². The van der Waals surface area contributed by atoms with Gasteiger partial charge in [-0.15, -0.1) is 0 Å². The third-order valence-corrected chi connectivity index (χ3v) is 4.35. The van der Waals surface area contributed by atoms with E-state index in [0.717, 1.165) is 21.5 Å². The number of nitrogens with zero attached hydrogens (tertiary/aromatic N) is 1. The van der Waals surface area contributed by atoms with Crippen molar-refractivity contribution in [3.8, 4) is 11.5 Å². The van der Waals surface area contributed by atoms with Crippen molar-refractivity contribution in [2.24, 2.45) is 0 Å². The Kier molecular flexibility index (Phi) is 4.78. The Bertz CT molecular complexity index is 751. The van der Waals surface area contributed by atoms with Crippen LogP contribution in [0.2, 0.25) is 5.02 Å². The van der Waals surface area contributed by atoms with E-state index in [1.807, 2.05) is 18.2 Å². The van der Waals surface area contributed by atoms with Gasteiger partial charge in [-0.3, -0.25) is 4.79 Å². The molecular weight excluding hydrogens is 382 g/mol. The zero-order chi connectivity index (χ0) is 16.4. The van der Waals surface area contributed by atoms with Gasteiger partial charge in [-0.1, -0.05) is 33.6 Å². The lowest BCUT2D eigenvalue weighted by molar-refractivity contribution is 0.0785. The Morgan fingerprint density at radius 2 is 1.91 bits per heavy atom. The monoisotopic (exact) mass is 395 g/mol. The molecule has 0 spiro atoms. The number of hydrogen-bond acceptors (Lipinski definition) is 3. The van der Waals surface area contributed by atoms with Gasteiger partial charge < -0.3 is 14.4 Å². The molecule has 23 heavy (non-hydrogen) atoms. The summed E-state index contributed by atoms with van der Waals surface area (Å²) in [5.41, 5.74) is 1.44. The molecule has 0 bridgehead atoms. The maximum Gasteiger partial charge on any atom is 0.255 e. The molecule has 0 N–H and O–H groups in total. The molecule has 0 atom stereocenters. The number of ether oxygens (including phenoxy) is 2. The highest BCUT2D eigenvalue weighted by atomic mass is 79.9. The fourth-order valence-corrected chi connectivity index (χ4v) is 2.96. The molecule has 2 aromatic rings. The number of fused-ring (bicyclic) bond motifs is 1. The van der Waals surface area contributed by atoms with Crippen molar-refractivity contribution in [1.82, 2.24) is 4.90 Å². The van der Waals surface area contributed by atoms with Crippen LogP contribution in [0.5, 0.6) is 11.5 Å². The van der Waals surface area contributed by atoms with E-state index >= 15 is 0 Å². The highest BCUT2D eigenvalue weighted by Crippen LogP contribution is 2.31. The SMILES string of the molecule is CN(Cc1ccc2c(c1)OCCO2)C(=O)c1cc(Br)ccc1Cl. The van der Waals surface area contributed by atoms with Gasteiger partial charge in [0, 0.05) is 18.1 Å². The largest absolute Gasteiger partial charge is 0.486 e. The summed E-state index contributed by atoms with van der Waals surface area (Å²) in [6, 6.07) is 10.9. The van der Waals surface area contributed by atoms with Gasteiger partial charge in [-0.05, 0) is 35.9 Å². The van der Waals surface area contributed by atoms with E-state index in [1.54, 1.807) is 30.1 Å². The average molecular weight is 397 g/mol. The molecule has 120 valence electrons. The molecule has 1 amide bonds. The number of halogens is 2. The van der Waals surface area contributed by atoms with Crippen molar-refractivity contribution in [2.45, 2.75) is 6.54 Å². The predicted octanol–water partition coefficient (Wildman–Crippen LogP) is 4.15. The Balaban J connectivity index is 1.77.